The highest BCUT2D eigenvalue weighted by atomic mass is 16.3. The Morgan fingerprint density at radius 3 is 0.529 bits per heavy atom. The number of benzene rings is 4. The first-order valence-electron chi connectivity index (χ1n) is 37.0. The zero-order chi connectivity index (χ0) is 61.5. The van der Waals surface area contributed by atoms with Crippen molar-refractivity contribution < 1.29 is 20.4 Å². The number of phenols is 4. The van der Waals surface area contributed by atoms with Crippen LogP contribution in [0.5, 0.6) is 23.0 Å². The van der Waals surface area contributed by atoms with E-state index in [1.807, 2.05) is 0 Å². The molecule has 478 valence electrons. The first kappa shape index (κ1) is 64.6. The average molecular weight is 1180 g/mol. The molecule has 12 rings (SSSR count). The molecule has 8 aliphatic carbocycles. The van der Waals surface area contributed by atoms with E-state index in [0.717, 1.165) is 6.42 Å². The molecule has 8 fully saturated rings. The number of hydrogen-bond acceptors (Lipinski definition) is 4. The predicted octanol–water partition coefficient (Wildman–Crippen LogP) is 23.7. The van der Waals surface area contributed by atoms with Crippen LogP contribution in [0.15, 0.2) is 48.5 Å². The lowest BCUT2D eigenvalue weighted by molar-refractivity contribution is 0.289. The summed E-state index contributed by atoms with van der Waals surface area (Å²) in [6.45, 7) is 21.8. The third-order valence-electron chi connectivity index (χ3n) is 26.9. The van der Waals surface area contributed by atoms with Crippen LogP contribution in [0.4, 0.5) is 0 Å². The molecule has 87 heavy (non-hydrogen) atoms. The van der Waals surface area contributed by atoms with E-state index in [0.29, 0.717) is 23.0 Å². The van der Waals surface area contributed by atoms with Gasteiger partial charge in [0, 0.05) is 50.4 Å². The second-order valence-corrected chi connectivity index (χ2v) is 33.9. The van der Waals surface area contributed by atoms with E-state index in [1.54, 1.807) is 0 Å². The maximum absolute atomic E-state index is 12.1. The molecule has 0 unspecified atom stereocenters. The summed E-state index contributed by atoms with van der Waals surface area (Å²) in [5.74, 6) is 2.62. The van der Waals surface area contributed by atoms with Crippen LogP contribution >= 0.6 is 0 Å². The van der Waals surface area contributed by atoms with Gasteiger partial charge in [0.2, 0.25) is 0 Å². The lowest BCUT2D eigenvalue weighted by Gasteiger charge is -2.40. The van der Waals surface area contributed by atoms with E-state index in [4.69, 9.17) is 0 Å². The summed E-state index contributed by atoms with van der Waals surface area (Å²) >= 11 is 0. The number of aromatic hydroxyl groups is 4. The van der Waals surface area contributed by atoms with Crippen LogP contribution in [0.1, 0.15) is 392 Å². The fraction of sp³-hybridized carbons (Fsp3) is 0.711. The zero-order valence-corrected chi connectivity index (χ0v) is 57.0. The molecule has 0 saturated heterocycles. The molecular weight excluding hydrogens is 1060 g/mol. The fourth-order valence-corrected chi connectivity index (χ4v) is 20.3. The SMILES string of the molecule is CC(c1cc(C2(C)CCCCC2)c(O)c(C2(C)CCCCC2)c1)c1cc(C2(C)CCCCC2)c(O)c(C2(C)CCCCC2)c1.CC1(c2cc(Cc3cc(C4(C)CCCCC4)c(O)c(C4(C)CCCCC4)c3)cc(C3(C)CCCCC3)c2O)CCCCC1. The molecule has 0 heterocycles. The van der Waals surface area contributed by atoms with Crippen molar-refractivity contribution in [2.24, 2.45) is 0 Å². The molecule has 4 N–H and O–H groups in total. The standard InChI is InChI=1S/C42H62O2.C41H60O2/c1-30(31-26-33(39(2)18-10-6-11-19-39)37(43)34(27-31)40(3)20-12-7-13-21-40)32-28-35(41(4)22-14-8-15-23-41)38(44)36(29-32)42(5)24-16-9-17-25-42;1-38(17-9-5-10-18-38)32-26-30(27-33(36(32)42)39(2)19-11-6-12-20-39)25-31-28-34(40(3)21-13-7-14-22-40)37(43)35(29-31)41(4)23-15-8-16-24-41/h26-30,43-44H,6-25H2,1-5H3;26-29,42-43H,5-25H2,1-4H3. The Bertz CT molecular complexity index is 2610. The summed E-state index contributed by atoms with van der Waals surface area (Å²) in [6.07, 6.45) is 50.2. The minimum atomic E-state index is 0.0360. The number of phenolic OH excluding ortho intramolecular Hbond substituents is 4. The second-order valence-electron chi connectivity index (χ2n) is 33.9. The van der Waals surface area contributed by atoms with Gasteiger partial charge in [-0.15, -0.1) is 0 Å². The van der Waals surface area contributed by atoms with Crippen molar-refractivity contribution in [2.75, 3.05) is 0 Å². The van der Waals surface area contributed by atoms with Crippen LogP contribution in [0, 0.1) is 0 Å². The summed E-state index contributed by atoms with van der Waals surface area (Å²) in [7, 11) is 0. The van der Waals surface area contributed by atoms with Gasteiger partial charge in [-0.1, -0.05) is 265 Å². The van der Waals surface area contributed by atoms with Gasteiger partial charge in [0.1, 0.15) is 23.0 Å². The fourth-order valence-electron chi connectivity index (χ4n) is 20.3. The van der Waals surface area contributed by atoms with Crippen LogP contribution < -0.4 is 0 Å². The third-order valence-corrected chi connectivity index (χ3v) is 26.9. The van der Waals surface area contributed by atoms with E-state index in [2.05, 4.69) is 111 Å². The predicted molar refractivity (Wildman–Crippen MR) is 366 cm³/mol. The summed E-state index contributed by atoms with van der Waals surface area (Å²) in [6, 6.07) is 19.2. The van der Waals surface area contributed by atoms with Crippen molar-refractivity contribution in [1.29, 1.82) is 0 Å². The molecule has 4 heteroatoms. The third kappa shape index (κ3) is 13.1. The van der Waals surface area contributed by atoms with Crippen LogP contribution in [-0.4, -0.2) is 20.4 Å². The Morgan fingerprint density at radius 1 is 0.241 bits per heavy atom. The molecule has 8 saturated carbocycles. The Kier molecular flexibility index (Phi) is 19.3. The molecule has 0 atom stereocenters. The quantitative estimate of drug-likeness (QED) is 0.114. The van der Waals surface area contributed by atoms with Crippen molar-refractivity contribution >= 4 is 0 Å². The molecule has 0 radical (unpaired) electrons. The van der Waals surface area contributed by atoms with Crippen molar-refractivity contribution in [3.63, 3.8) is 0 Å². The molecule has 4 aromatic carbocycles. The van der Waals surface area contributed by atoms with Gasteiger partial charge in [-0.05, 0) is 175 Å². The van der Waals surface area contributed by atoms with Gasteiger partial charge in [-0.3, -0.25) is 0 Å². The molecule has 0 bridgehead atoms. The summed E-state index contributed by atoms with van der Waals surface area (Å²) in [5, 5.41) is 48.2. The lowest BCUT2D eigenvalue weighted by Crippen LogP contribution is -2.30. The Balaban J connectivity index is 0.000000180. The maximum atomic E-state index is 12.1. The monoisotopic (exact) mass is 1180 g/mol. The topological polar surface area (TPSA) is 80.9 Å². The van der Waals surface area contributed by atoms with Crippen LogP contribution in [0.25, 0.3) is 0 Å². The molecule has 0 aliphatic heterocycles. The van der Waals surface area contributed by atoms with Gasteiger partial charge >= 0.3 is 0 Å². The zero-order valence-electron chi connectivity index (χ0n) is 57.0. The minimum absolute atomic E-state index is 0.0360. The Hall–Kier alpha value is -3.92. The molecule has 8 aliphatic rings. The van der Waals surface area contributed by atoms with E-state index in [1.165, 1.54) is 324 Å². The van der Waals surface area contributed by atoms with Crippen LogP contribution in [0.3, 0.4) is 0 Å². The van der Waals surface area contributed by atoms with Gasteiger partial charge in [0.15, 0.2) is 0 Å². The Morgan fingerprint density at radius 2 is 0.379 bits per heavy atom. The number of rotatable bonds is 12. The first-order valence-corrected chi connectivity index (χ1v) is 37.0. The molecule has 4 nitrogen and oxygen atoms in total. The highest BCUT2D eigenvalue weighted by Gasteiger charge is 2.43. The van der Waals surface area contributed by atoms with Gasteiger partial charge in [-0.25, -0.2) is 0 Å². The van der Waals surface area contributed by atoms with E-state index < -0.39 is 0 Å². The van der Waals surface area contributed by atoms with Crippen molar-refractivity contribution in [3.05, 3.63) is 115 Å². The largest absolute Gasteiger partial charge is 0.507 e. The van der Waals surface area contributed by atoms with E-state index >= 15 is 0 Å². The smallest absolute Gasteiger partial charge is 0.123 e. The minimum Gasteiger partial charge on any atom is -0.507 e. The van der Waals surface area contributed by atoms with Crippen LogP contribution in [0.2, 0.25) is 0 Å². The second kappa shape index (κ2) is 26.0. The highest BCUT2D eigenvalue weighted by molar-refractivity contribution is 5.58. The van der Waals surface area contributed by atoms with Crippen molar-refractivity contribution in [1.82, 2.24) is 0 Å². The van der Waals surface area contributed by atoms with Crippen molar-refractivity contribution in [3.8, 4) is 23.0 Å². The average Bonchev–Trinajstić information content (AvgIpc) is 0.969. The lowest BCUT2D eigenvalue weighted by atomic mass is 9.64. The van der Waals surface area contributed by atoms with Gasteiger partial charge in [-0.2, -0.15) is 0 Å². The summed E-state index contributed by atoms with van der Waals surface area (Å²) in [4.78, 5) is 0. The van der Waals surface area contributed by atoms with Gasteiger partial charge in [0.05, 0.1) is 0 Å². The molecule has 4 aromatic rings. The maximum Gasteiger partial charge on any atom is 0.123 e. The first-order chi connectivity index (χ1) is 41.5. The normalized spacial score (nSPS) is 24.8. The van der Waals surface area contributed by atoms with E-state index in [-0.39, 0.29) is 49.2 Å². The van der Waals surface area contributed by atoms with Gasteiger partial charge < -0.3 is 20.4 Å². The van der Waals surface area contributed by atoms with Crippen molar-refractivity contribution in [2.45, 2.75) is 375 Å². The molecule has 0 aromatic heterocycles. The Labute approximate surface area is 530 Å². The molecular formula is C83H122O4. The van der Waals surface area contributed by atoms with Gasteiger partial charge in [0.25, 0.3) is 0 Å². The number of hydrogen-bond donors (Lipinski definition) is 4. The molecule has 0 amide bonds. The summed E-state index contributed by atoms with van der Waals surface area (Å²) in [5.41, 5.74) is 15.5. The van der Waals surface area contributed by atoms with Crippen LogP contribution in [-0.2, 0) is 49.7 Å². The van der Waals surface area contributed by atoms with E-state index in [9.17, 15) is 20.4 Å². The summed E-state index contributed by atoms with van der Waals surface area (Å²) < 4.78 is 0. The highest BCUT2D eigenvalue weighted by Crippen LogP contribution is 2.56. The molecule has 0 spiro atoms.